The molecule has 1 N–H and O–H groups in total. The van der Waals surface area contributed by atoms with Crippen LogP contribution in [0.15, 0.2) is 0 Å². The van der Waals surface area contributed by atoms with Crippen LogP contribution in [0.1, 0.15) is 20.3 Å². The van der Waals surface area contributed by atoms with Gasteiger partial charge in [0.25, 0.3) is 0 Å². The van der Waals surface area contributed by atoms with Crippen molar-refractivity contribution in [2.75, 3.05) is 25.2 Å². The third-order valence-electron chi connectivity index (χ3n) is 1.99. The summed E-state index contributed by atoms with van der Waals surface area (Å²) in [6, 6.07) is -0.139. The summed E-state index contributed by atoms with van der Waals surface area (Å²) in [6.45, 7) is 3.84. The second-order valence-corrected chi connectivity index (χ2v) is 5.78. The first kappa shape index (κ1) is 14.4. The van der Waals surface area contributed by atoms with Gasteiger partial charge in [-0.05, 0) is 6.92 Å². The van der Waals surface area contributed by atoms with Gasteiger partial charge in [-0.3, -0.25) is 4.79 Å². The Morgan fingerprint density at radius 1 is 1.47 bits per heavy atom. The average Bonchev–Trinajstić information content (AvgIpc) is 2.16. The lowest BCUT2D eigenvalue weighted by atomic mass is 10.3. The van der Waals surface area contributed by atoms with Crippen LogP contribution in [0.2, 0.25) is 0 Å². The number of hydrogen-bond donors (Lipinski definition) is 1. The molecule has 6 heteroatoms. The summed E-state index contributed by atoms with van der Waals surface area (Å²) in [5.74, 6) is -0.0474. The highest BCUT2D eigenvalue weighted by Gasteiger charge is 2.13. The smallest absolute Gasteiger partial charge is 0.306 e. The molecule has 0 aromatic rings. The molecule has 0 saturated heterocycles. The van der Waals surface area contributed by atoms with E-state index >= 15 is 0 Å². The summed E-state index contributed by atoms with van der Waals surface area (Å²) in [6.07, 6.45) is 0.257. The number of ether oxygens (including phenoxy) is 1. The number of sulfone groups is 1. The van der Waals surface area contributed by atoms with Gasteiger partial charge in [0.15, 0.2) is 9.84 Å². The zero-order valence-electron chi connectivity index (χ0n) is 9.45. The Morgan fingerprint density at radius 3 is 2.53 bits per heavy atom. The summed E-state index contributed by atoms with van der Waals surface area (Å²) >= 11 is 0. The second kappa shape index (κ2) is 6.79. The van der Waals surface area contributed by atoms with E-state index in [-0.39, 0.29) is 29.9 Å². The summed E-state index contributed by atoms with van der Waals surface area (Å²) < 4.78 is 26.9. The van der Waals surface area contributed by atoms with Crippen LogP contribution < -0.4 is 5.32 Å². The second-order valence-electron chi connectivity index (χ2n) is 3.38. The Morgan fingerprint density at radius 2 is 2.07 bits per heavy atom. The van der Waals surface area contributed by atoms with Crippen molar-refractivity contribution in [2.24, 2.45) is 0 Å². The molecule has 0 radical (unpaired) electrons. The van der Waals surface area contributed by atoms with Gasteiger partial charge in [0.2, 0.25) is 0 Å². The standard InChI is InChI=1S/C9H19NO4S/c1-4-15(12,13)7-8(2)10-6-5-9(11)14-3/h8,10H,4-7H2,1-3H3. The SMILES string of the molecule is CCS(=O)(=O)CC(C)NCCC(=O)OC. The molecule has 0 aliphatic heterocycles. The third-order valence-corrected chi connectivity index (χ3v) is 3.88. The number of esters is 1. The van der Waals surface area contributed by atoms with Crippen molar-refractivity contribution >= 4 is 15.8 Å². The van der Waals surface area contributed by atoms with Crippen molar-refractivity contribution in [2.45, 2.75) is 26.3 Å². The summed E-state index contributed by atoms with van der Waals surface area (Å²) in [4.78, 5) is 10.8. The van der Waals surface area contributed by atoms with Crippen LogP contribution in [0.3, 0.4) is 0 Å². The molecular weight excluding hydrogens is 218 g/mol. The van der Waals surface area contributed by atoms with Gasteiger partial charge in [0.1, 0.15) is 0 Å². The van der Waals surface area contributed by atoms with E-state index < -0.39 is 9.84 Å². The lowest BCUT2D eigenvalue weighted by Gasteiger charge is -2.12. The zero-order chi connectivity index (χ0) is 11.9. The Bertz CT molecular complexity index is 286. The number of methoxy groups -OCH3 is 1. The Labute approximate surface area is 91.1 Å². The van der Waals surface area contributed by atoms with Crippen LogP contribution in [0, 0.1) is 0 Å². The number of carbonyl (C=O) groups is 1. The van der Waals surface area contributed by atoms with Crippen molar-refractivity contribution in [3.8, 4) is 0 Å². The van der Waals surface area contributed by atoms with Crippen molar-refractivity contribution < 1.29 is 17.9 Å². The van der Waals surface area contributed by atoms with E-state index in [0.717, 1.165) is 0 Å². The van der Waals surface area contributed by atoms with E-state index in [0.29, 0.717) is 6.54 Å². The maximum atomic E-state index is 11.2. The highest BCUT2D eigenvalue weighted by Crippen LogP contribution is 1.94. The Hall–Kier alpha value is -0.620. The minimum absolute atomic E-state index is 0.102. The van der Waals surface area contributed by atoms with E-state index in [1.54, 1.807) is 13.8 Å². The molecule has 0 spiro atoms. The molecule has 90 valence electrons. The van der Waals surface area contributed by atoms with Crippen molar-refractivity contribution in [1.29, 1.82) is 0 Å². The largest absolute Gasteiger partial charge is 0.469 e. The molecule has 0 aromatic heterocycles. The van der Waals surface area contributed by atoms with Crippen LogP contribution >= 0.6 is 0 Å². The van der Waals surface area contributed by atoms with Crippen LogP contribution in [-0.2, 0) is 19.4 Å². The van der Waals surface area contributed by atoms with E-state index in [2.05, 4.69) is 10.1 Å². The third kappa shape index (κ3) is 7.33. The first-order chi connectivity index (χ1) is 6.91. The van der Waals surface area contributed by atoms with Gasteiger partial charge in [0.05, 0.1) is 19.3 Å². The highest BCUT2D eigenvalue weighted by molar-refractivity contribution is 7.91. The van der Waals surface area contributed by atoms with Gasteiger partial charge in [-0.2, -0.15) is 0 Å². The van der Waals surface area contributed by atoms with Crippen molar-refractivity contribution in [3.05, 3.63) is 0 Å². The molecule has 5 nitrogen and oxygen atoms in total. The topological polar surface area (TPSA) is 72.5 Å². The van der Waals surface area contributed by atoms with Crippen molar-refractivity contribution in [1.82, 2.24) is 5.32 Å². The fourth-order valence-corrected chi connectivity index (χ4v) is 2.20. The summed E-state index contributed by atoms with van der Waals surface area (Å²) in [7, 11) is -1.63. The fraction of sp³-hybridized carbons (Fsp3) is 0.889. The monoisotopic (exact) mass is 237 g/mol. The first-order valence-electron chi connectivity index (χ1n) is 4.92. The molecule has 15 heavy (non-hydrogen) atoms. The number of rotatable bonds is 7. The minimum atomic E-state index is -2.95. The lowest BCUT2D eigenvalue weighted by molar-refractivity contribution is -0.140. The number of hydrogen-bond acceptors (Lipinski definition) is 5. The molecule has 1 atom stereocenters. The predicted octanol–water partition coefficient (Wildman–Crippen LogP) is -0.0377. The molecule has 0 bridgehead atoms. The predicted molar refractivity (Wildman–Crippen MR) is 58.4 cm³/mol. The molecular formula is C9H19NO4S. The molecule has 0 fully saturated rings. The quantitative estimate of drug-likeness (QED) is 0.629. The molecule has 0 aliphatic rings. The first-order valence-corrected chi connectivity index (χ1v) is 6.74. The number of nitrogens with one attached hydrogen (secondary N) is 1. The zero-order valence-corrected chi connectivity index (χ0v) is 10.3. The molecule has 0 aliphatic carbocycles. The normalized spacial score (nSPS) is 13.5. The van der Waals surface area contributed by atoms with Crippen LogP contribution in [0.25, 0.3) is 0 Å². The van der Waals surface area contributed by atoms with Gasteiger partial charge in [-0.25, -0.2) is 8.42 Å². The molecule has 0 rings (SSSR count). The van der Waals surface area contributed by atoms with E-state index in [9.17, 15) is 13.2 Å². The van der Waals surface area contributed by atoms with Crippen LogP contribution in [0.4, 0.5) is 0 Å². The Kier molecular flexibility index (Phi) is 6.51. The molecule has 0 heterocycles. The molecule has 0 amide bonds. The summed E-state index contributed by atoms with van der Waals surface area (Å²) in [5, 5.41) is 2.96. The van der Waals surface area contributed by atoms with Crippen LogP contribution in [-0.4, -0.2) is 45.6 Å². The molecule has 1 unspecified atom stereocenters. The van der Waals surface area contributed by atoms with Crippen molar-refractivity contribution in [3.63, 3.8) is 0 Å². The maximum absolute atomic E-state index is 11.2. The highest BCUT2D eigenvalue weighted by atomic mass is 32.2. The van der Waals surface area contributed by atoms with E-state index in [1.807, 2.05) is 0 Å². The number of carbonyl (C=O) groups excluding carboxylic acids is 1. The van der Waals surface area contributed by atoms with Gasteiger partial charge in [-0.15, -0.1) is 0 Å². The van der Waals surface area contributed by atoms with E-state index in [4.69, 9.17) is 0 Å². The summed E-state index contributed by atoms with van der Waals surface area (Å²) in [5.41, 5.74) is 0. The minimum Gasteiger partial charge on any atom is -0.469 e. The Balaban J connectivity index is 3.76. The van der Waals surface area contributed by atoms with Gasteiger partial charge in [0, 0.05) is 18.3 Å². The molecule has 0 aromatic carbocycles. The fourth-order valence-electron chi connectivity index (χ4n) is 1.08. The molecule has 0 saturated carbocycles. The van der Waals surface area contributed by atoms with Gasteiger partial charge in [-0.1, -0.05) is 6.92 Å². The van der Waals surface area contributed by atoms with Gasteiger partial charge < -0.3 is 10.1 Å². The van der Waals surface area contributed by atoms with Gasteiger partial charge >= 0.3 is 5.97 Å². The maximum Gasteiger partial charge on any atom is 0.306 e. The van der Waals surface area contributed by atoms with Crippen LogP contribution in [0.5, 0.6) is 0 Å². The average molecular weight is 237 g/mol. The lowest BCUT2D eigenvalue weighted by Crippen LogP contribution is -2.35. The van der Waals surface area contributed by atoms with E-state index in [1.165, 1.54) is 7.11 Å².